The lowest BCUT2D eigenvalue weighted by molar-refractivity contribution is -0.116. The van der Waals surface area contributed by atoms with Crippen LogP contribution in [0.5, 0.6) is 0 Å². The summed E-state index contributed by atoms with van der Waals surface area (Å²) in [5.74, 6) is 0. The van der Waals surface area contributed by atoms with E-state index in [-0.39, 0.29) is 17.5 Å². The first-order valence-corrected chi connectivity index (χ1v) is 6.01. The zero-order valence-corrected chi connectivity index (χ0v) is 10.8. The number of hydrogen-bond acceptors (Lipinski definition) is 2. The Kier molecular flexibility index (Phi) is 5.22. The SMILES string of the molecule is CC(C)N(C=O)C(=O)NCC1=CCC(Cl)C=C1. The zero-order chi connectivity index (χ0) is 12.8. The molecular formula is C12H17ClN2O2. The van der Waals surface area contributed by atoms with Gasteiger partial charge in [0.2, 0.25) is 6.41 Å². The molecule has 1 aliphatic carbocycles. The fourth-order valence-electron chi connectivity index (χ4n) is 1.44. The highest BCUT2D eigenvalue weighted by Gasteiger charge is 2.15. The number of alkyl halides is 1. The Balaban J connectivity index is 2.43. The van der Waals surface area contributed by atoms with E-state index >= 15 is 0 Å². The van der Waals surface area contributed by atoms with E-state index in [9.17, 15) is 9.59 Å². The van der Waals surface area contributed by atoms with Crippen molar-refractivity contribution >= 4 is 24.0 Å². The molecule has 4 nitrogen and oxygen atoms in total. The number of nitrogens with zero attached hydrogens (tertiary/aromatic N) is 1. The number of rotatable bonds is 4. The van der Waals surface area contributed by atoms with Crippen LogP contribution in [-0.4, -0.2) is 35.3 Å². The normalized spacial score (nSPS) is 18.8. The summed E-state index contributed by atoms with van der Waals surface area (Å²) >= 11 is 5.89. The van der Waals surface area contributed by atoms with E-state index in [0.29, 0.717) is 13.0 Å². The number of carbonyl (C=O) groups is 2. The first kappa shape index (κ1) is 13.8. The van der Waals surface area contributed by atoms with Crippen molar-refractivity contribution in [3.05, 3.63) is 23.8 Å². The molecule has 1 aliphatic rings. The topological polar surface area (TPSA) is 49.4 Å². The van der Waals surface area contributed by atoms with E-state index in [1.165, 1.54) is 0 Å². The van der Waals surface area contributed by atoms with Crippen LogP contribution in [0, 0.1) is 0 Å². The maximum absolute atomic E-state index is 11.6. The summed E-state index contributed by atoms with van der Waals surface area (Å²) in [6.45, 7) is 3.98. The number of hydrogen-bond donors (Lipinski definition) is 1. The van der Waals surface area contributed by atoms with E-state index in [2.05, 4.69) is 5.32 Å². The summed E-state index contributed by atoms with van der Waals surface area (Å²) < 4.78 is 0. The molecule has 1 atom stereocenters. The molecule has 0 bridgehead atoms. The molecule has 0 aromatic rings. The van der Waals surface area contributed by atoms with Gasteiger partial charge in [0.05, 0.1) is 5.38 Å². The Bertz CT molecular complexity index is 350. The predicted octanol–water partition coefficient (Wildman–Crippen LogP) is 2.06. The molecule has 0 aromatic heterocycles. The Morgan fingerprint density at radius 2 is 2.41 bits per heavy atom. The quantitative estimate of drug-likeness (QED) is 0.618. The second-order valence-electron chi connectivity index (χ2n) is 4.15. The number of halogens is 1. The molecule has 94 valence electrons. The number of amides is 3. The van der Waals surface area contributed by atoms with Gasteiger partial charge in [-0.3, -0.25) is 9.69 Å². The fourth-order valence-corrected chi connectivity index (χ4v) is 1.60. The van der Waals surface area contributed by atoms with Gasteiger partial charge < -0.3 is 5.32 Å². The molecule has 1 N–H and O–H groups in total. The second kappa shape index (κ2) is 6.45. The summed E-state index contributed by atoms with van der Waals surface area (Å²) in [5.41, 5.74) is 1.00. The van der Waals surface area contributed by atoms with Gasteiger partial charge in [-0.15, -0.1) is 11.6 Å². The Morgan fingerprint density at radius 1 is 1.71 bits per heavy atom. The molecule has 0 spiro atoms. The van der Waals surface area contributed by atoms with Crippen LogP contribution in [0.4, 0.5) is 4.79 Å². The number of nitrogens with one attached hydrogen (secondary N) is 1. The van der Waals surface area contributed by atoms with Gasteiger partial charge in [-0.25, -0.2) is 4.79 Å². The summed E-state index contributed by atoms with van der Waals surface area (Å²) in [6.07, 6.45) is 7.08. The highest BCUT2D eigenvalue weighted by atomic mass is 35.5. The van der Waals surface area contributed by atoms with Gasteiger partial charge >= 0.3 is 6.03 Å². The van der Waals surface area contributed by atoms with Crippen molar-refractivity contribution in [1.82, 2.24) is 10.2 Å². The minimum Gasteiger partial charge on any atom is -0.334 e. The van der Waals surface area contributed by atoms with Gasteiger partial charge in [0.25, 0.3) is 0 Å². The van der Waals surface area contributed by atoms with Crippen LogP contribution in [0.25, 0.3) is 0 Å². The highest BCUT2D eigenvalue weighted by molar-refractivity contribution is 6.22. The summed E-state index contributed by atoms with van der Waals surface area (Å²) in [7, 11) is 0. The molecule has 0 aliphatic heterocycles. The number of carbonyl (C=O) groups excluding carboxylic acids is 2. The lowest BCUT2D eigenvalue weighted by Crippen LogP contribution is -2.43. The van der Waals surface area contributed by atoms with Crippen molar-refractivity contribution in [2.45, 2.75) is 31.7 Å². The zero-order valence-electron chi connectivity index (χ0n) is 10.0. The van der Waals surface area contributed by atoms with Crippen LogP contribution < -0.4 is 5.32 Å². The third-order valence-corrected chi connectivity index (χ3v) is 2.80. The molecule has 0 heterocycles. The third-order valence-electron chi connectivity index (χ3n) is 2.47. The van der Waals surface area contributed by atoms with Crippen molar-refractivity contribution in [1.29, 1.82) is 0 Å². The van der Waals surface area contributed by atoms with Gasteiger partial charge in [-0.05, 0) is 25.8 Å². The smallest absolute Gasteiger partial charge is 0.324 e. The summed E-state index contributed by atoms with van der Waals surface area (Å²) in [6, 6.07) is -0.520. The Hall–Kier alpha value is -1.29. The molecular weight excluding hydrogens is 240 g/mol. The molecule has 1 unspecified atom stereocenters. The molecule has 3 amide bonds. The number of urea groups is 1. The van der Waals surface area contributed by atoms with Crippen molar-refractivity contribution in [3.63, 3.8) is 0 Å². The number of allylic oxidation sites excluding steroid dienone is 2. The van der Waals surface area contributed by atoms with Crippen LogP contribution in [0.2, 0.25) is 0 Å². The average molecular weight is 257 g/mol. The van der Waals surface area contributed by atoms with Crippen molar-refractivity contribution < 1.29 is 9.59 Å². The highest BCUT2D eigenvalue weighted by Crippen LogP contribution is 2.14. The van der Waals surface area contributed by atoms with E-state index in [1.54, 1.807) is 13.8 Å². The molecule has 0 radical (unpaired) electrons. The lowest BCUT2D eigenvalue weighted by atomic mass is 10.1. The van der Waals surface area contributed by atoms with Crippen LogP contribution in [0.15, 0.2) is 23.8 Å². The largest absolute Gasteiger partial charge is 0.334 e. The summed E-state index contributed by atoms with van der Waals surface area (Å²) in [4.78, 5) is 23.5. The van der Waals surface area contributed by atoms with Gasteiger partial charge in [0.1, 0.15) is 0 Å². The van der Waals surface area contributed by atoms with Crippen LogP contribution >= 0.6 is 11.6 Å². The predicted molar refractivity (Wildman–Crippen MR) is 67.9 cm³/mol. The van der Waals surface area contributed by atoms with Gasteiger partial charge in [0, 0.05) is 12.6 Å². The van der Waals surface area contributed by atoms with Gasteiger partial charge in [-0.2, -0.15) is 0 Å². The van der Waals surface area contributed by atoms with Crippen molar-refractivity contribution in [2.24, 2.45) is 0 Å². The minimum atomic E-state index is -0.378. The molecule has 0 aromatic carbocycles. The first-order chi connectivity index (χ1) is 8.04. The second-order valence-corrected chi connectivity index (χ2v) is 4.72. The van der Waals surface area contributed by atoms with Crippen molar-refractivity contribution in [3.8, 4) is 0 Å². The third kappa shape index (κ3) is 4.23. The van der Waals surface area contributed by atoms with Gasteiger partial charge in [0.15, 0.2) is 0 Å². The molecule has 1 rings (SSSR count). The van der Waals surface area contributed by atoms with E-state index in [1.807, 2.05) is 18.2 Å². The Labute approximate surface area is 106 Å². The lowest BCUT2D eigenvalue weighted by Gasteiger charge is -2.20. The molecule has 17 heavy (non-hydrogen) atoms. The van der Waals surface area contributed by atoms with E-state index in [0.717, 1.165) is 16.9 Å². The van der Waals surface area contributed by atoms with Gasteiger partial charge in [-0.1, -0.05) is 18.2 Å². The van der Waals surface area contributed by atoms with Crippen LogP contribution in [0.3, 0.4) is 0 Å². The van der Waals surface area contributed by atoms with Crippen LogP contribution in [-0.2, 0) is 4.79 Å². The van der Waals surface area contributed by atoms with E-state index in [4.69, 9.17) is 11.6 Å². The Morgan fingerprint density at radius 3 is 2.88 bits per heavy atom. The minimum absolute atomic E-state index is 0.0385. The van der Waals surface area contributed by atoms with E-state index < -0.39 is 0 Å². The molecule has 0 fully saturated rings. The summed E-state index contributed by atoms with van der Waals surface area (Å²) in [5, 5.41) is 2.73. The van der Waals surface area contributed by atoms with Crippen molar-refractivity contribution in [2.75, 3.05) is 6.54 Å². The van der Waals surface area contributed by atoms with Crippen LogP contribution in [0.1, 0.15) is 20.3 Å². The average Bonchev–Trinajstić information content (AvgIpc) is 2.28. The fraction of sp³-hybridized carbons (Fsp3) is 0.500. The first-order valence-electron chi connectivity index (χ1n) is 5.57. The molecule has 0 saturated heterocycles. The maximum Gasteiger partial charge on any atom is 0.324 e. The molecule has 5 heteroatoms. The monoisotopic (exact) mass is 256 g/mol. The standard InChI is InChI=1S/C12H17ClN2O2/c1-9(2)15(8-16)12(17)14-7-10-3-5-11(13)6-4-10/h3-5,8-9,11H,6-7H2,1-2H3,(H,14,17). The molecule has 0 saturated carbocycles. The number of imide groups is 1. The maximum atomic E-state index is 11.6.